The van der Waals surface area contributed by atoms with Crippen molar-refractivity contribution in [3.05, 3.63) is 12.4 Å². The lowest BCUT2D eigenvalue weighted by Gasteiger charge is -2.34. The molecule has 3 atom stereocenters. The molecule has 2 heterocycles. The van der Waals surface area contributed by atoms with Crippen LogP contribution in [0.15, 0.2) is 12.4 Å². The first-order valence-electron chi connectivity index (χ1n) is 7.91. The number of amides is 2. The number of aromatic nitrogens is 2. The van der Waals surface area contributed by atoms with Gasteiger partial charge in [-0.05, 0) is 25.7 Å². The monoisotopic (exact) mass is 309 g/mol. The van der Waals surface area contributed by atoms with Crippen molar-refractivity contribution in [1.82, 2.24) is 20.4 Å². The number of carbonyl (C=O) groups is 1. The zero-order valence-electron chi connectivity index (χ0n) is 13.6. The first-order valence-corrected chi connectivity index (χ1v) is 7.91. The van der Waals surface area contributed by atoms with E-state index in [0.717, 1.165) is 31.6 Å². The normalized spacial score (nSPS) is 21.3. The minimum Gasteiger partial charge on any atom is -0.396 e. The van der Waals surface area contributed by atoms with E-state index in [0.29, 0.717) is 0 Å². The van der Waals surface area contributed by atoms with Gasteiger partial charge in [0.2, 0.25) is 0 Å². The Labute approximate surface area is 131 Å². The number of carbonyl (C=O) groups excluding carboxylic acids is 1. The Morgan fingerprint density at radius 3 is 2.95 bits per heavy atom. The predicted molar refractivity (Wildman–Crippen MR) is 85.8 cm³/mol. The van der Waals surface area contributed by atoms with Crippen molar-refractivity contribution in [3.63, 3.8) is 0 Å². The van der Waals surface area contributed by atoms with Crippen LogP contribution in [0.2, 0.25) is 0 Å². The van der Waals surface area contributed by atoms with Crippen molar-refractivity contribution in [2.24, 2.45) is 13.0 Å². The van der Waals surface area contributed by atoms with Gasteiger partial charge in [-0.15, -0.1) is 0 Å². The zero-order chi connectivity index (χ0) is 16.1. The number of hydrogen-bond donors (Lipinski definition) is 3. The van der Waals surface area contributed by atoms with Crippen LogP contribution in [0.5, 0.6) is 0 Å². The van der Waals surface area contributed by atoms with Gasteiger partial charge in [0.05, 0.1) is 11.9 Å². The molecule has 124 valence electrons. The molecule has 0 saturated carbocycles. The van der Waals surface area contributed by atoms with Crippen LogP contribution in [0.4, 0.5) is 10.5 Å². The molecule has 0 spiro atoms. The number of aliphatic hydroxyl groups is 1. The van der Waals surface area contributed by atoms with Gasteiger partial charge >= 0.3 is 6.03 Å². The van der Waals surface area contributed by atoms with Gasteiger partial charge in [-0.25, -0.2) is 4.79 Å². The third-order valence-electron chi connectivity index (χ3n) is 4.31. The van der Waals surface area contributed by atoms with E-state index < -0.39 is 0 Å². The summed E-state index contributed by atoms with van der Waals surface area (Å²) in [6.07, 6.45) is 5.87. The van der Waals surface area contributed by atoms with Crippen LogP contribution in [0.3, 0.4) is 0 Å². The molecule has 1 fully saturated rings. The van der Waals surface area contributed by atoms with Crippen LogP contribution in [-0.2, 0) is 7.05 Å². The fourth-order valence-electron chi connectivity index (χ4n) is 2.64. The summed E-state index contributed by atoms with van der Waals surface area (Å²) < 4.78 is 1.79. The summed E-state index contributed by atoms with van der Waals surface area (Å²) in [5, 5.41) is 19.2. The highest BCUT2D eigenvalue weighted by molar-refractivity contribution is 5.74. The Balaban J connectivity index is 1.83. The lowest BCUT2D eigenvalue weighted by Crippen LogP contribution is -2.52. The van der Waals surface area contributed by atoms with Crippen molar-refractivity contribution in [2.75, 3.05) is 24.6 Å². The summed E-state index contributed by atoms with van der Waals surface area (Å²) in [6, 6.07) is -0.0838. The smallest absolute Gasteiger partial charge is 0.315 e. The third-order valence-corrected chi connectivity index (χ3v) is 4.31. The second kappa shape index (κ2) is 7.49. The Hall–Kier alpha value is -1.76. The maximum atomic E-state index is 12.1. The summed E-state index contributed by atoms with van der Waals surface area (Å²) in [5.41, 5.74) is 1.09. The molecule has 22 heavy (non-hydrogen) atoms. The molecular weight excluding hydrogens is 282 g/mol. The molecule has 0 bridgehead atoms. The van der Waals surface area contributed by atoms with Crippen molar-refractivity contribution >= 4 is 11.7 Å². The molecule has 7 nitrogen and oxygen atoms in total. The maximum absolute atomic E-state index is 12.1. The molecule has 3 N–H and O–H groups in total. The van der Waals surface area contributed by atoms with Crippen LogP contribution in [-0.4, -0.2) is 52.7 Å². The molecule has 0 radical (unpaired) electrons. The highest BCUT2D eigenvalue weighted by Crippen LogP contribution is 2.18. The first kappa shape index (κ1) is 16.6. The number of aryl methyl sites for hydroxylation is 1. The molecule has 2 rings (SSSR count). The molecule has 2 amide bonds. The van der Waals surface area contributed by atoms with E-state index in [4.69, 9.17) is 5.11 Å². The lowest BCUT2D eigenvalue weighted by atomic mass is 10.0. The van der Waals surface area contributed by atoms with Gasteiger partial charge in [0.15, 0.2) is 0 Å². The second-order valence-corrected chi connectivity index (χ2v) is 6.22. The molecule has 1 aromatic heterocycles. The Bertz CT molecular complexity index is 490. The van der Waals surface area contributed by atoms with E-state index in [9.17, 15) is 4.79 Å². The largest absolute Gasteiger partial charge is 0.396 e. The Morgan fingerprint density at radius 1 is 1.55 bits per heavy atom. The predicted octanol–water partition coefficient (Wildman–Crippen LogP) is 0.705. The molecule has 1 saturated heterocycles. The standard InChI is InChI=1S/C15H27N5O2/c1-11(10-21)12(2)17-15(22)18-13-5-4-6-20(8-13)14-7-16-19(3)9-14/h7,9,11-13,21H,4-6,8,10H2,1-3H3,(H2,17,18,22). The van der Waals surface area contributed by atoms with Crippen LogP contribution in [0.25, 0.3) is 0 Å². The minimum absolute atomic E-state index is 0.0454. The highest BCUT2D eigenvalue weighted by atomic mass is 16.3. The van der Waals surface area contributed by atoms with E-state index in [-0.39, 0.29) is 30.6 Å². The fourth-order valence-corrected chi connectivity index (χ4v) is 2.64. The first-order chi connectivity index (χ1) is 10.5. The second-order valence-electron chi connectivity index (χ2n) is 6.22. The summed E-state index contributed by atoms with van der Waals surface area (Å²) in [4.78, 5) is 14.3. The Morgan fingerprint density at radius 2 is 2.32 bits per heavy atom. The van der Waals surface area contributed by atoms with E-state index in [1.807, 2.05) is 33.3 Å². The molecule has 1 aliphatic heterocycles. The summed E-state index contributed by atoms with van der Waals surface area (Å²) in [7, 11) is 1.90. The van der Waals surface area contributed by atoms with Crippen molar-refractivity contribution < 1.29 is 9.90 Å². The molecule has 7 heteroatoms. The van der Waals surface area contributed by atoms with Gasteiger partial charge in [0.25, 0.3) is 0 Å². The highest BCUT2D eigenvalue weighted by Gasteiger charge is 2.23. The summed E-state index contributed by atoms with van der Waals surface area (Å²) >= 11 is 0. The number of aliphatic hydroxyl groups excluding tert-OH is 1. The zero-order valence-corrected chi connectivity index (χ0v) is 13.6. The Kier molecular flexibility index (Phi) is 5.65. The molecule has 1 aliphatic rings. The van der Waals surface area contributed by atoms with Crippen molar-refractivity contribution in [3.8, 4) is 0 Å². The van der Waals surface area contributed by atoms with Gasteiger partial charge in [-0.1, -0.05) is 6.92 Å². The number of nitrogens with zero attached hydrogens (tertiary/aromatic N) is 3. The molecule has 0 aromatic carbocycles. The van der Waals surface area contributed by atoms with Crippen LogP contribution >= 0.6 is 0 Å². The maximum Gasteiger partial charge on any atom is 0.315 e. The van der Waals surface area contributed by atoms with Crippen LogP contribution in [0, 0.1) is 5.92 Å². The SMILES string of the molecule is CC(CO)C(C)NC(=O)NC1CCCN(c2cnn(C)c2)C1. The van der Waals surface area contributed by atoms with Crippen molar-refractivity contribution in [2.45, 2.75) is 38.8 Å². The topological polar surface area (TPSA) is 82.4 Å². The van der Waals surface area contributed by atoms with E-state index in [1.165, 1.54) is 0 Å². The van der Waals surface area contributed by atoms with Gasteiger partial charge < -0.3 is 20.6 Å². The average Bonchev–Trinajstić information content (AvgIpc) is 2.93. The van der Waals surface area contributed by atoms with E-state index >= 15 is 0 Å². The molecular formula is C15H27N5O2. The number of urea groups is 1. The number of nitrogens with one attached hydrogen (secondary N) is 2. The molecule has 1 aromatic rings. The summed E-state index contributed by atoms with van der Waals surface area (Å²) in [6.45, 7) is 5.67. The molecule has 0 aliphatic carbocycles. The summed E-state index contributed by atoms with van der Waals surface area (Å²) in [5.74, 6) is 0.0454. The van der Waals surface area contributed by atoms with Gasteiger partial charge in [0.1, 0.15) is 0 Å². The van der Waals surface area contributed by atoms with Crippen molar-refractivity contribution in [1.29, 1.82) is 0 Å². The lowest BCUT2D eigenvalue weighted by molar-refractivity contribution is 0.198. The van der Waals surface area contributed by atoms with E-state index in [1.54, 1.807) is 4.68 Å². The number of rotatable bonds is 5. The average molecular weight is 309 g/mol. The quantitative estimate of drug-likeness (QED) is 0.748. The minimum atomic E-state index is -0.161. The third kappa shape index (κ3) is 4.37. The van der Waals surface area contributed by atoms with E-state index in [2.05, 4.69) is 20.6 Å². The van der Waals surface area contributed by atoms with Gasteiger partial charge in [-0.3, -0.25) is 4.68 Å². The number of anilines is 1. The van der Waals surface area contributed by atoms with Crippen LogP contribution in [0.1, 0.15) is 26.7 Å². The fraction of sp³-hybridized carbons (Fsp3) is 0.733. The van der Waals surface area contributed by atoms with Gasteiger partial charge in [0, 0.05) is 45.0 Å². The van der Waals surface area contributed by atoms with Crippen LogP contribution < -0.4 is 15.5 Å². The molecule has 3 unspecified atom stereocenters. The number of hydrogen-bond acceptors (Lipinski definition) is 4. The number of piperidine rings is 1. The van der Waals surface area contributed by atoms with Gasteiger partial charge in [-0.2, -0.15) is 5.10 Å².